The lowest BCUT2D eigenvalue weighted by atomic mass is 10.1. The van der Waals surface area contributed by atoms with Gasteiger partial charge < -0.3 is 24.3 Å². The Hall–Kier alpha value is -3.73. The highest BCUT2D eigenvalue weighted by Crippen LogP contribution is 2.40. The molecule has 0 saturated heterocycles. The molecule has 8 heteroatoms. The van der Waals surface area contributed by atoms with Gasteiger partial charge in [0.25, 0.3) is 5.91 Å². The second-order valence-electron chi connectivity index (χ2n) is 5.58. The Morgan fingerprint density at radius 2 is 1.68 bits per heavy atom. The summed E-state index contributed by atoms with van der Waals surface area (Å²) in [5.41, 5.74) is 0.717. The van der Waals surface area contributed by atoms with Gasteiger partial charge in [0.1, 0.15) is 11.6 Å². The highest BCUT2D eigenvalue weighted by Gasteiger charge is 2.25. The van der Waals surface area contributed by atoms with Crippen molar-refractivity contribution in [1.29, 1.82) is 5.26 Å². The lowest BCUT2D eigenvalue weighted by Crippen LogP contribution is -2.30. The average molecular weight is 384 g/mol. The van der Waals surface area contributed by atoms with Crippen molar-refractivity contribution in [3.05, 3.63) is 47.5 Å². The molecule has 8 nitrogen and oxygen atoms in total. The fourth-order valence-electron chi connectivity index (χ4n) is 2.46. The van der Waals surface area contributed by atoms with Crippen LogP contribution >= 0.6 is 0 Å². The molecule has 1 amide bonds. The van der Waals surface area contributed by atoms with E-state index in [-0.39, 0.29) is 17.1 Å². The number of methoxy groups -OCH3 is 3. The molecule has 2 rings (SSSR count). The van der Waals surface area contributed by atoms with Crippen LogP contribution in [0.1, 0.15) is 22.8 Å². The summed E-state index contributed by atoms with van der Waals surface area (Å²) < 4.78 is 20.9. The van der Waals surface area contributed by atoms with Crippen molar-refractivity contribution >= 4 is 17.6 Å². The van der Waals surface area contributed by atoms with Crippen LogP contribution in [0, 0.1) is 11.3 Å². The molecular formula is C20H20N2O6. The maximum atomic E-state index is 12.6. The Morgan fingerprint density at radius 1 is 1.00 bits per heavy atom. The monoisotopic (exact) mass is 384 g/mol. The van der Waals surface area contributed by atoms with Gasteiger partial charge in [-0.1, -0.05) is 12.1 Å². The highest BCUT2D eigenvalue weighted by atomic mass is 16.6. The fourth-order valence-corrected chi connectivity index (χ4v) is 2.46. The first kappa shape index (κ1) is 20.6. The number of carbonyl (C=O) groups excluding carboxylic acids is 2. The summed E-state index contributed by atoms with van der Waals surface area (Å²) >= 11 is 0. The van der Waals surface area contributed by atoms with E-state index < -0.39 is 18.0 Å². The number of hydrogen-bond donors (Lipinski definition) is 1. The highest BCUT2D eigenvalue weighted by molar-refractivity contribution is 5.99. The SMILES string of the molecule is COc1ccc(C(=O)O[C@@H](C)C(=O)Nc2ccccc2C#N)c(OC)c1OC. The van der Waals surface area contributed by atoms with E-state index in [2.05, 4.69) is 5.32 Å². The maximum Gasteiger partial charge on any atom is 0.342 e. The van der Waals surface area contributed by atoms with E-state index in [1.807, 2.05) is 6.07 Å². The smallest absolute Gasteiger partial charge is 0.342 e. The van der Waals surface area contributed by atoms with E-state index in [9.17, 15) is 9.59 Å². The van der Waals surface area contributed by atoms with Crippen LogP contribution in [0.4, 0.5) is 5.69 Å². The average Bonchev–Trinajstić information content (AvgIpc) is 2.72. The largest absolute Gasteiger partial charge is 0.493 e. The molecule has 0 radical (unpaired) electrons. The number of nitrogens with one attached hydrogen (secondary N) is 1. The fraction of sp³-hybridized carbons (Fsp3) is 0.250. The number of nitriles is 1. The molecule has 2 aromatic carbocycles. The standard InChI is InChI=1S/C20H20N2O6/c1-12(19(23)22-15-8-6-5-7-13(15)11-21)28-20(24)14-9-10-16(25-2)18(27-4)17(14)26-3/h5-10,12H,1-4H3,(H,22,23)/t12-/m0/s1. The van der Waals surface area contributed by atoms with E-state index in [1.54, 1.807) is 24.3 Å². The van der Waals surface area contributed by atoms with E-state index >= 15 is 0 Å². The molecule has 1 atom stereocenters. The van der Waals surface area contributed by atoms with Gasteiger partial charge in [-0.15, -0.1) is 0 Å². The van der Waals surface area contributed by atoms with E-state index in [0.29, 0.717) is 17.0 Å². The minimum Gasteiger partial charge on any atom is -0.493 e. The van der Waals surface area contributed by atoms with Crippen molar-refractivity contribution in [2.75, 3.05) is 26.6 Å². The second-order valence-corrected chi connectivity index (χ2v) is 5.58. The maximum absolute atomic E-state index is 12.6. The Kier molecular flexibility index (Phi) is 6.82. The number of esters is 1. The summed E-state index contributed by atoms with van der Waals surface area (Å²) in [6, 6.07) is 11.5. The van der Waals surface area contributed by atoms with Gasteiger partial charge in [-0.2, -0.15) is 5.26 Å². The molecule has 0 spiro atoms. The Morgan fingerprint density at radius 3 is 2.29 bits per heavy atom. The summed E-state index contributed by atoms with van der Waals surface area (Å²) in [5, 5.41) is 11.7. The van der Waals surface area contributed by atoms with Gasteiger partial charge in [0.05, 0.1) is 32.6 Å². The van der Waals surface area contributed by atoms with E-state index in [0.717, 1.165) is 0 Å². The third kappa shape index (κ3) is 4.32. The number of ether oxygens (including phenoxy) is 4. The molecule has 0 aliphatic heterocycles. The van der Waals surface area contributed by atoms with Crippen molar-refractivity contribution in [2.24, 2.45) is 0 Å². The molecule has 28 heavy (non-hydrogen) atoms. The summed E-state index contributed by atoms with van der Waals surface area (Å²) in [4.78, 5) is 24.9. The van der Waals surface area contributed by atoms with Crippen LogP contribution in [0.25, 0.3) is 0 Å². The van der Waals surface area contributed by atoms with Crippen LogP contribution in [-0.2, 0) is 9.53 Å². The number of amides is 1. The predicted octanol–water partition coefficient (Wildman–Crippen LogP) is 2.77. The number of benzene rings is 2. The van der Waals surface area contributed by atoms with Gasteiger partial charge in [-0.25, -0.2) is 4.79 Å². The number of para-hydroxylation sites is 1. The van der Waals surface area contributed by atoms with Crippen LogP contribution in [0.5, 0.6) is 17.2 Å². The van der Waals surface area contributed by atoms with E-state index in [4.69, 9.17) is 24.2 Å². The first-order chi connectivity index (χ1) is 13.5. The van der Waals surface area contributed by atoms with Gasteiger partial charge in [0.15, 0.2) is 17.6 Å². The zero-order valence-corrected chi connectivity index (χ0v) is 15.9. The topological polar surface area (TPSA) is 107 Å². The first-order valence-corrected chi connectivity index (χ1v) is 8.26. The molecule has 0 fully saturated rings. The lowest BCUT2D eigenvalue weighted by molar-refractivity contribution is -0.123. The number of nitrogens with zero attached hydrogens (tertiary/aromatic N) is 1. The second kappa shape index (κ2) is 9.28. The zero-order chi connectivity index (χ0) is 20.7. The number of rotatable bonds is 7. The third-order valence-electron chi connectivity index (χ3n) is 3.88. The molecule has 0 aromatic heterocycles. The molecule has 2 aromatic rings. The van der Waals surface area contributed by atoms with Crippen LogP contribution in [0.2, 0.25) is 0 Å². The van der Waals surface area contributed by atoms with E-state index in [1.165, 1.54) is 40.4 Å². The molecule has 0 saturated carbocycles. The van der Waals surface area contributed by atoms with Crippen molar-refractivity contribution in [1.82, 2.24) is 0 Å². The molecule has 0 heterocycles. The summed E-state index contributed by atoms with van der Waals surface area (Å²) in [5.74, 6) is -0.590. The van der Waals surface area contributed by atoms with Crippen molar-refractivity contribution in [2.45, 2.75) is 13.0 Å². The van der Waals surface area contributed by atoms with Crippen LogP contribution in [-0.4, -0.2) is 39.3 Å². The van der Waals surface area contributed by atoms with Gasteiger partial charge in [-0.05, 0) is 31.2 Å². The van der Waals surface area contributed by atoms with Crippen LogP contribution < -0.4 is 19.5 Å². The zero-order valence-electron chi connectivity index (χ0n) is 15.9. The summed E-state index contributed by atoms with van der Waals surface area (Å²) in [7, 11) is 4.25. The summed E-state index contributed by atoms with van der Waals surface area (Å²) in [6.45, 7) is 1.43. The lowest BCUT2D eigenvalue weighted by Gasteiger charge is -2.17. The minimum absolute atomic E-state index is 0.0808. The Labute approximate surface area is 162 Å². The van der Waals surface area contributed by atoms with Crippen molar-refractivity contribution < 1.29 is 28.5 Å². The Bertz CT molecular complexity index is 919. The predicted molar refractivity (Wildman–Crippen MR) is 101 cm³/mol. The molecule has 0 bridgehead atoms. The summed E-state index contributed by atoms with van der Waals surface area (Å²) in [6.07, 6.45) is -1.11. The number of anilines is 1. The van der Waals surface area contributed by atoms with Gasteiger partial charge in [0.2, 0.25) is 5.75 Å². The molecule has 0 aliphatic rings. The molecular weight excluding hydrogens is 364 g/mol. The third-order valence-corrected chi connectivity index (χ3v) is 3.88. The molecule has 1 N–H and O–H groups in total. The van der Waals surface area contributed by atoms with Crippen molar-refractivity contribution in [3.8, 4) is 23.3 Å². The molecule has 0 unspecified atom stereocenters. The quantitative estimate of drug-likeness (QED) is 0.732. The van der Waals surface area contributed by atoms with Crippen LogP contribution in [0.3, 0.4) is 0 Å². The van der Waals surface area contributed by atoms with Crippen molar-refractivity contribution in [3.63, 3.8) is 0 Å². The van der Waals surface area contributed by atoms with Gasteiger partial charge in [-0.3, -0.25) is 4.79 Å². The Balaban J connectivity index is 2.18. The first-order valence-electron chi connectivity index (χ1n) is 8.26. The number of carbonyl (C=O) groups is 2. The minimum atomic E-state index is -1.11. The number of hydrogen-bond acceptors (Lipinski definition) is 7. The normalized spacial score (nSPS) is 11.0. The van der Waals surface area contributed by atoms with Crippen LogP contribution in [0.15, 0.2) is 36.4 Å². The van der Waals surface area contributed by atoms with Gasteiger partial charge >= 0.3 is 5.97 Å². The van der Waals surface area contributed by atoms with Gasteiger partial charge in [0, 0.05) is 0 Å². The molecule has 0 aliphatic carbocycles. The molecule has 146 valence electrons.